The van der Waals surface area contributed by atoms with Crippen LogP contribution in [-0.4, -0.2) is 25.3 Å². The maximum Gasteiger partial charge on any atom is 0.268 e. The van der Waals surface area contributed by atoms with Gasteiger partial charge in [-0.2, -0.15) is 10.1 Å². The molecule has 0 saturated carbocycles. The molecule has 0 atom stereocenters. The lowest BCUT2D eigenvalue weighted by Gasteiger charge is -1.92. The van der Waals surface area contributed by atoms with E-state index in [0.29, 0.717) is 17.5 Å². The van der Waals surface area contributed by atoms with Crippen molar-refractivity contribution in [2.45, 2.75) is 13.3 Å². The summed E-state index contributed by atoms with van der Waals surface area (Å²) in [6.07, 6.45) is 2.35. The van der Waals surface area contributed by atoms with Crippen molar-refractivity contribution in [1.82, 2.24) is 25.3 Å². The monoisotopic (exact) mass is 247 g/mol. The Morgan fingerprint density at radius 3 is 3.18 bits per heavy atom. The van der Waals surface area contributed by atoms with Crippen molar-refractivity contribution >= 4 is 11.3 Å². The van der Waals surface area contributed by atoms with E-state index < -0.39 is 0 Å². The Bertz CT molecular complexity index is 612. The second kappa shape index (κ2) is 4.10. The third kappa shape index (κ3) is 1.74. The van der Waals surface area contributed by atoms with Crippen LogP contribution in [0.3, 0.4) is 0 Å². The largest absolute Gasteiger partial charge is 0.333 e. The Morgan fingerprint density at radius 2 is 2.41 bits per heavy atom. The number of aromatic nitrogens is 5. The summed E-state index contributed by atoms with van der Waals surface area (Å²) in [5.74, 6) is 1.46. The lowest BCUT2D eigenvalue weighted by atomic mass is 10.2. The van der Waals surface area contributed by atoms with Crippen LogP contribution in [0, 0.1) is 0 Å². The highest BCUT2D eigenvalue weighted by Gasteiger charge is 2.15. The van der Waals surface area contributed by atoms with Crippen LogP contribution < -0.4 is 0 Å². The Morgan fingerprint density at radius 1 is 1.47 bits per heavy atom. The highest BCUT2D eigenvalue weighted by atomic mass is 32.1. The highest BCUT2D eigenvalue weighted by molar-refractivity contribution is 7.13. The molecule has 3 aromatic rings. The zero-order valence-corrected chi connectivity index (χ0v) is 9.86. The number of hydrogen-bond donors (Lipinski definition) is 1. The first-order valence-corrected chi connectivity index (χ1v) is 6.02. The van der Waals surface area contributed by atoms with E-state index in [2.05, 4.69) is 38.3 Å². The summed E-state index contributed by atoms with van der Waals surface area (Å²) in [7, 11) is 0. The topological polar surface area (TPSA) is 80.5 Å². The number of aromatic amines is 1. The Hall–Kier alpha value is -2.02. The molecule has 0 unspecified atom stereocenters. The molecule has 0 amide bonds. The average Bonchev–Trinajstić information content (AvgIpc) is 3.09. The van der Waals surface area contributed by atoms with Gasteiger partial charge in [0.25, 0.3) is 5.89 Å². The summed E-state index contributed by atoms with van der Waals surface area (Å²) in [6, 6.07) is 2.07. The molecule has 0 spiro atoms. The number of nitrogens with one attached hydrogen (secondary N) is 1. The predicted molar refractivity (Wildman–Crippen MR) is 62.4 cm³/mol. The zero-order chi connectivity index (χ0) is 11.7. The smallest absolute Gasteiger partial charge is 0.268 e. The van der Waals surface area contributed by atoms with Crippen LogP contribution in [0.1, 0.15) is 12.5 Å². The van der Waals surface area contributed by atoms with E-state index in [4.69, 9.17) is 4.52 Å². The van der Waals surface area contributed by atoms with Gasteiger partial charge in [0.1, 0.15) is 6.33 Å². The molecule has 0 aliphatic heterocycles. The minimum Gasteiger partial charge on any atom is -0.333 e. The summed E-state index contributed by atoms with van der Waals surface area (Å²) in [5.41, 5.74) is 1.21. The van der Waals surface area contributed by atoms with Crippen molar-refractivity contribution in [3.63, 3.8) is 0 Å². The standard InChI is InChI=1S/C10H9N5OS/c1-2-6-3-4-17-7(6)10-13-9(15-16-10)8-11-5-12-14-8/h3-5H,2H2,1H3,(H,11,12,14). The first kappa shape index (κ1) is 10.2. The van der Waals surface area contributed by atoms with Gasteiger partial charge in [0, 0.05) is 0 Å². The van der Waals surface area contributed by atoms with Crippen LogP contribution in [0.5, 0.6) is 0 Å². The van der Waals surface area contributed by atoms with Crippen LogP contribution in [-0.2, 0) is 6.42 Å². The highest BCUT2D eigenvalue weighted by Crippen LogP contribution is 2.29. The molecule has 86 valence electrons. The van der Waals surface area contributed by atoms with E-state index in [1.807, 2.05) is 5.38 Å². The van der Waals surface area contributed by atoms with E-state index in [-0.39, 0.29) is 0 Å². The second-order valence-electron chi connectivity index (χ2n) is 3.39. The first-order valence-electron chi connectivity index (χ1n) is 5.14. The molecule has 3 heterocycles. The van der Waals surface area contributed by atoms with E-state index in [1.165, 1.54) is 11.9 Å². The molecule has 0 radical (unpaired) electrons. The molecule has 3 aromatic heterocycles. The van der Waals surface area contributed by atoms with Crippen molar-refractivity contribution in [2.24, 2.45) is 0 Å². The third-order valence-corrected chi connectivity index (χ3v) is 3.32. The minimum absolute atomic E-state index is 0.424. The summed E-state index contributed by atoms with van der Waals surface area (Å²) in [6.45, 7) is 2.10. The fourth-order valence-electron chi connectivity index (χ4n) is 1.53. The number of thiophene rings is 1. The zero-order valence-electron chi connectivity index (χ0n) is 9.04. The lowest BCUT2D eigenvalue weighted by molar-refractivity contribution is 0.432. The van der Waals surface area contributed by atoms with E-state index >= 15 is 0 Å². The van der Waals surface area contributed by atoms with Gasteiger partial charge in [-0.25, -0.2) is 4.98 Å². The van der Waals surface area contributed by atoms with Crippen molar-refractivity contribution in [2.75, 3.05) is 0 Å². The number of rotatable bonds is 3. The maximum atomic E-state index is 5.24. The maximum absolute atomic E-state index is 5.24. The van der Waals surface area contributed by atoms with Gasteiger partial charge in [-0.15, -0.1) is 11.3 Å². The molecule has 7 heteroatoms. The van der Waals surface area contributed by atoms with Gasteiger partial charge in [-0.3, -0.25) is 5.10 Å². The van der Waals surface area contributed by atoms with Gasteiger partial charge in [0.15, 0.2) is 5.82 Å². The van der Waals surface area contributed by atoms with Gasteiger partial charge < -0.3 is 4.52 Å². The van der Waals surface area contributed by atoms with E-state index in [9.17, 15) is 0 Å². The van der Waals surface area contributed by atoms with Gasteiger partial charge in [-0.1, -0.05) is 12.1 Å². The molecular formula is C10H9N5OS. The molecule has 17 heavy (non-hydrogen) atoms. The Balaban J connectivity index is 2.01. The second-order valence-corrected chi connectivity index (χ2v) is 4.30. The minimum atomic E-state index is 0.424. The van der Waals surface area contributed by atoms with Crippen molar-refractivity contribution in [3.05, 3.63) is 23.3 Å². The van der Waals surface area contributed by atoms with Crippen LogP contribution >= 0.6 is 11.3 Å². The van der Waals surface area contributed by atoms with E-state index in [0.717, 1.165) is 11.3 Å². The number of aryl methyl sites for hydroxylation is 1. The summed E-state index contributed by atoms with van der Waals surface area (Å²) in [5, 5.41) is 12.3. The fraction of sp³-hybridized carbons (Fsp3) is 0.200. The lowest BCUT2D eigenvalue weighted by Crippen LogP contribution is -1.84. The van der Waals surface area contributed by atoms with Gasteiger partial charge in [0.05, 0.1) is 4.88 Å². The molecule has 0 bridgehead atoms. The normalized spacial score (nSPS) is 10.9. The van der Waals surface area contributed by atoms with Crippen LogP contribution in [0.25, 0.3) is 22.4 Å². The summed E-state index contributed by atoms with van der Waals surface area (Å²) < 4.78 is 5.24. The fourth-order valence-corrected chi connectivity index (χ4v) is 2.44. The SMILES string of the molecule is CCc1ccsc1-c1nc(-c2ncn[nH]2)no1. The Kier molecular flexibility index (Phi) is 2.45. The molecule has 1 N–H and O–H groups in total. The molecule has 0 aromatic carbocycles. The van der Waals surface area contributed by atoms with Crippen LogP contribution in [0.2, 0.25) is 0 Å². The molecule has 0 fully saturated rings. The van der Waals surface area contributed by atoms with Gasteiger partial charge in [0.2, 0.25) is 5.82 Å². The van der Waals surface area contributed by atoms with Crippen LogP contribution in [0.15, 0.2) is 22.3 Å². The molecular weight excluding hydrogens is 238 g/mol. The van der Waals surface area contributed by atoms with Crippen molar-refractivity contribution in [1.29, 1.82) is 0 Å². The predicted octanol–water partition coefficient (Wildman–Crippen LogP) is 2.15. The van der Waals surface area contributed by atoms with Crippen molar-refractivity contribution in [3.8, 4) is 22.4 Å². The Labute approximate surface area is 101 Å². The summed E-state index contributed by atoms with van der Waals surface area (Å²) >= 11 is 1.60. The number of H-pyrrole nitrogens is 1. The number of nitrogens with zero attached hydrogens (tertiary/aromatic N) is 4. The molecule has 6 nitrogen and oxygen atoms in total. The molecule has 0 aliphatic carbocycles. The van der Waals surface area contributed by atoms with Crippen molar-refractivity contribution < 1.29 is 4.52 Å². The molecule has 0 aliphatic rings. The quantitative estimate of drug-likeness (QED) is 0.767. The number of hydrogen-bond acceptors (Lipinski definition) is 6. The molecule has 0 saturated heterocycles. The molecule has 3 rings (SSSR count). The third-order valence-electron chi connectivity index (χ3n) is 2.37. The van der Waals surface area contributed by atoms with E-state index in [1.54, 1.807) is 11.3 Å². The first-order chi connectivity index (χ1) is 8.38. The van der Waals surface area contributed by atoms with Crippen LogP contribution in [0.4, 0.5) is 0 Å². The van der Waals surface area contributed by atoms with Gasteiger partial charge in [-0.05, 0) is 23.4 Å². The van der Waals surface area contributed by atoms with Gasteiger partial charge >= 0.3 is 0 Å². The average molecular weight is 247 g/mol. The summed E-state index contributed by atoms with van der Waals surface area (Å²) in [4.78, 5) is 9.30.